The highest BCUT2D eigenvalue weighted by Gasteiger charge is 2.36. The predicted molar refractivity (Wildman–Crippen MR) is 90.8 cm³/mol. The fourth-order valence-corrected chi connectivity index (χ4v) is 3.00. The van der Waals surface area contributed by atoms with Crippen molar-refractivity contribution in [2.75, 3.05) is 35.0 Å². The van der Waals surface area contributed by atoms with Gasteiger partial charge in [0.25, 0.3) is 11.1 Å². The van der Waals surface area contributed by atoms with Gasteiger partial charge in [-0.15, -0.1) is 0 Å². The van der Waals surface area contributed by atoms with Crippen LogP contribution in [-0.4, -0.2) is 57.0 Å². The minimum absolute atomic E-state index is 0.183. The van der Waals surface area contributed by atoms with Crippen molar-refractivity contribution < 1.29 is 33.3 Å². The Hall–Kier alpha value is -2.68. The molecule has 0 spiro atoms. The molecule has 0 aromatic heterocycles. The quantitative estimate of drug-likeness (QED) is 0.556. The van der Waals surface area contributed by atoms with E-state index in [0.29, 0.717) is 22.8 Å². The topological polar surface area (TPSA) is 91.4 Å². The number of carbonyl (C=O) groups is 3. The zero-order chi connectivity index (χ0) is 18.6. The van der Waals surface area contributed by atoms with E-state index in [4.69, 9.17) is 14.2 Å². The zero-order valence-electron chi connectivity index (χ0n) is 14.2. The first-order valence-corrected chi connectivity index (χ1v) is 7.89. The standard InChI is InChI=1S/C16H17NO7S/c1-21-10-5-9(6-11(22-2)14(10)24-4)7-12-15(19)17(16(20)25-12)8-13(18)23-3/h5-7H,8H2,1-4H3/b12-7-. The molecule has 0 bridgehead atoms. The van der Waals surface area contributed by atoms with Crippen molar-refractivity contribution in [1.29, 1.82) is 0 Å². The van der Waals surface area contributed by atoms with E-state index in [2.05, 4.69) is 4.74 Å². The number of esters is 1. The molecule has 0 saturated carbocycles. The number of thioether (sulfide) groups is 1. The molecule has 0 N–H and O–H groups in total. The number of rotatable bonds is 6. The maximum absolute atomic E-state index is 12.3. The molecule has 1 aromatic carbocycles. The normalized spacial score (nSPS) is 15.5. The lowest BCUT2D eigenvalue weighted by atomic mass is 10.1. The van der Waals surface area contributed by atoms with Crippen LogP contribution in [-0.2, 0) is 14.3 Å². The smallest absolute Gasteiger partial charge is 0.325 e. The van der Waals surface area contributed by atoms with Crippen molar-refractivity contribution in [3.8, 4) is 17.2 Å². The predicted octanol–water partition coefficient (Wildman–Crippen LogP) is 1.92. The molecular weight excluding hydrogens is 350 g/mol. The van der Waals surface area contributed by atoms with Gasteiger partial charge in [-0.1, -0.05) is 0 Å². The summed E-state index contributed by atoms with van der Waals surface area (Å²) in [6, 6.07) is 3.30. The Balaban J connectivity index is 2.36. The summed E-state index contributed by atoms with van der Waals surface area (Å²) >= 11 is 0.744. The lowest BCUT2D eigenvalue weighted by Gasteiger charge is -2.13. The van der Waals surface area contributed by atoms with Gasteiger partial charge in [0, 0.05) is 0 Å². The summed E-state index contributed by atoms with van der Waals surface area (Å²) in [4.78, 5) is 36.6. The van der Waals surface area contributed by atoms with Gasteiger partial charge < -0.3 is 18.9 Å². The number of methoxy groups -OCH3 is 4. The largest absolute Gasteiger partial charge is 0.493 e. The third-order valence-corrected chi connectivity index (χ3v) is 4.28. The van der Waals surface area contributed by atoms with E-state index in [1.807, 2.05) is 0 Å². The fourth-order valence-electron chi connectivity index (χ4n) is 2.17. The van der Waals surface area contributed by atoms with Crippen LogP contribution in [0.5, 0.6) is 17.2 Å². The minimum atomic E-state index is -0.670. The van der Waals surface area contributed by atoms with E-state index in [9.17, 15) is 14.4 Å². The van der Waals surface area contributed by atoms with Gasteiger partial charge in [0.05, 0.1) is 33.3 Å². The first-order chi connectivity index (χ1) is 11.9. The fraction of sp³-hybridized carbons (Fsp3) is 0.312. The van der Waals surface area contributed by atoms with Crippen LogP contribution in [0.25, 0.3) is 6.08 Å². The van der Waals surface area contributed by atoms with E-state index in [1.54, 1.807) is 12.1 Å². The Morgan fingerprint density at radius 3 is 2.16 bits per heavy atom. The van der Waals surface area contributed by atoms with Crippen LogP contribution < -0.4 is 14.2 Å². The molecule has 9 heteroatoms. The number of amides is 2. The molecule has 1 aliphatic heterocycles. The van der Waals surface area contributed by atoms with Crippen molar-refractivity contribution in [3.05, 3.63) is 22.6 Å². The van der Waals surface area contributed by atoms with Gasteiger partial charge in [0.1, 0.15) is 6.54 Å². The van der Waals surface area contributed by atoms with Gasteiger partial charge in [-0.05, 0) is 35.5 Å². The molecule has 0 aliphatic carbocycles. The Morgan fingerprint density at radius 2 is 1.68 bits per heavy atom. The molecule has 0 unspecified atom stereocenters. The summed E-state index contributed by atoms with van der Waals surface area (Å²) < 4.78 is 20.2. The maximum atomic E-state index is 12.3. The van der Waals surface area contributed by atoms with Crippen LogP contribution in [0.4, 0.5) is 4.79 Å². The third-order valence-electron chi connectivity index (χ3n) is 3.37. The molecule has 1 aromatic rings. The molecule has 1 heterocycles. The second-order valence-corrected chi connectivity index (χ2v) is 5.80. The number of benzene rings is 1. The van der Waals surface area contributed by atoms with E-state index >= 15 is 0 Å². The van der Waals surface area contributed by atoms with Crippen molar-refractivity contribution in [3.63, 3.8) is 0 Å². The molecule has 0 atom stereocenters. The van der Waals surface area contributed by atoms with Crippen molar-refractivity contribution in [2.24, 2.45) is 0 Å². The van der Waals surface area contributed by atoms with Gasteiger partial charge in [0.2, 0.25) is 5.75 Å². The average molecular weight is 367 g/mol. The van der Waals surface area contributed by atoms with E-state index in [1.165, 1.54) is 34.5 Å². The molecule has 1 aliphatic rings. The summed E-state index contributed by atoms with van der Waals surface area (Å²) in [5.41, 5.74) is 0.582. The van der Waals surface area contributed by atoms with E-state index in [0.717, 1.165) is 16.7 Å². The number of hydrogen-bond acceptors (Lipinski definition) is 8. The summed E-state index contributed by atoms with van der Waals surface area (Å²) in [7, 11) is 5.63. The average Bonchev–Trinajstić information content (AvgIpc) is 2.87. The van der Waals surface area contributed by atoms with Crippen LogP contribution in [0.2, 0.25) is 0 Å². The first-order valence-electron chi connectivity index (χ1n) is 7.07. The number of ether oxygens (including phenoxy) is 4. The molecule has 134 valence electrons. The molecular formula is C16H17NO7S. The highest BCUT2D eigenvalue weighted by atomic mass is 32.2. The lowest BCUT2D eigenvalue weighted by Crippen LogP contribution is -2.34. The number of hydrogen-bond donors (Lipinski definition) is 0. The van der Waals surface area contributed by atoms with Crippen LogP contribution in [0.1, 0.15) is 5.56 Å². The van der Waals surface area contributed by atoms with Crippen molar-refractivity contribution in [1.82, 2.24) is 4.90 Å². The second kappa shape index (κ2) is 7.93. The molecule has 0 radical (unpaired) electrons. The number of imide groups is 1. The van der Waals surface area contributed by atoms with Crippen LogP contribution in [0, 0.1) is 0 Å². The molecule has 8 nitrogen and oxygen atoms in total. The summed E-state index contributed by atoms with van der Waals surface area (Å²) in [5.74, 6) is 0.0233. The molecule has 2 amide bonds. The first kappa shape index (κ1) is 18.7. The summed E-state index contributed by atoms with van der Waals surface area (Å²) in [6.45, 7) is -0.423. The van der Waals surface area contributed by atoms with Gasteiger partial charge >= 0.3 is 5.97 Å². The van der Waals surface area contributed by atoms with Gasteiger partial charge in [-0.25, -0.2) is 0 Å². The van der Waals surface area contributed by atoms with Crippen LogP contribution in [0.15, 0.2) is 17.0 Å². The molecule has 25 heavy (non-hydrogen) atoms. The monoisotopic (exact) mass is 367 g/mol. The Morgan fingerprint density at radius 1 is 1.08 bits per heavy atom. The molecule has 1 fully saturated rings. The second-order valence-electron chi connectivity index (χ2n) is 4.80. The van der Waals surface area contributed by atoms with Crippen molar-refractivity contribution >= 4 is 35.0 Å². The molecule has 1 saturated heterocycles. The third kappa shape index (κ3) is 3.87. The highest BCUT2D eigenvalue weighted by molar-refractivity contribution is 8.18. The number of carbonyl (C=O) groups excluding carboxylic acids is 3. The van der Waals surface area contributed by atoms with Crippen LogP contribution >= 0.6 is 11.8 Å². The zero-order valence-corrected chi connectivity index (χ0v) is 15.0. The summed E-state index contributed by atoms with van der Waals surface area (Å²) in [5, 5.41) is -0.533. The summed E-state index contributed by atoms with van der Waals surface area (Å²) in [6.07, 6.45) is 1.52. The Labute approximate surface area is 148 Å². The molecule has 2 rings (SSSR count). The van der Waals surface area contributed by atoms with Gasteiger partial charge in [0.15, 0.2) is 11.5 Å². The Kier molecular flexibility index (Phi) is 5.92. The van der Waals surface area contributed by atoms with Crippen molar-refractivity contribution in [2.45, 2.75) is 0 Å². The highest BCUT2D eigenvalue weighted by Crippen LogP contribution is 2.40. The SMILES string of the molecule is COC(=O)CN1C(=O)S/C(=C\c2cc(OC)c(OC)c(OC)c2)C1=O. The lowest BCUT2D eigenvalue weighted by molar-refractivity contribution is -0.143. The Bertz CT molecular complexity index is 719. The van der Waals surface area contributed by atoms with Gasteiger partial charge in [-0.3, -0.25) is 19.3 Å². The minimum Gasteiger partial charge on any atom is -0.493 e. The van der Waals surface area contributed by atoms with E-state index in [-0.39, 0.29) is 4.91 Å². The van der Waals surface area contributed by atoms with Gasteiger partial charge in [-0.2, -0.15) is 0 Å². The number of nitrogens with zero attached hydrogens (tertiary/aromatic N) is 1. The van der Waals surface area contributed by atoms with Crippen LogP contribution in [0.3, 0.4) is 0 Å². The maximum Gasteiger partial charge on any atom is 0.325 e. The van der Waals surface area contributed by atoms with E-state index < -0.39 is 23.7 Å².